The lowest BCUT2D eigenvalue weighted by Crippen LogP contribution is -2.19. The summed E-state index contributed by atoms with van der Waals surface area (Å²) in [7, 11) is 0. The third-order valence-corrected chi connectivity index (χ3v) is 4.24. The monoisotopic (exact) mass is 422 g/mol. The van der Waals surface area contributed by atoms with Gasteiger partial charge < -0.3 is 0 Å². The van der Waals surface area contributed by atoms with Crippen LogP contribution < -0.4 is 10.9 Å². The number of hydrogen-bond acceptors (Lipinski definition) is 4. The van der Waals surface area contributed by atoms with Crippen LogP contribution in [0, 0.1) is 0 Å². The first kappa shape index (κ1) is 22.1. The molecule has 3 aromatic carbocycles. The van der Waals surface area contributed by atoms with E-state index in [4.69, 9.17) is 0 Å². The number of nitrogens with one attached hydrogen (secondary N) is 2. The van der Waals surface area contributed by atoms with Crippen molar-refractivity contribution in [1.82, 2.24) is 10.9 Å². The van der Waals surface area contributed by atoms with Gasteiger partial charge in [-0.2, -0.15) is 10.2 Å². The maximum Gasteiger partial charge on any atom is 0.271 e. The molecule has 0 spiro atoms. The normalized spacial score (nSPS) is 11.5. The summed E-state index contributed by atoms with van der Waals surface area (Å²) in [5.74, 6) is -0.740. The van der Waals surface area contributed by atoms with Gasteiger partial charge in [-0.1, -0.05) is 72.8 Å². The average Bonchev–Trinajstić information content (AvgIpc) is 2.85. The Hall–Kier alpha value is -4.58. The van der Waals surface area contributed by atoms with E-state index in [0.29, 0.717) is 11.1 Å². The second kappa shape index (κ2) is 12.2. The third-order valence-electron chi connectivity index (χ3n) is 4.24. The Bertz CT molecular complexity index is 1040. The number of benzene rings is 3. The van der Waals surface area contributed by atoms with Gasteiger partial charge in [0.25, 0.3) is 11.8 Å². The molecule has 6 heteroatoms. The van der Waals surface area contributed by atoms with Crippen molar-refractivity contribution in [3.63, 3.8) is 0 Å². The fraction of sp³-hybridized carbons (Fsp3) is 0. The van der Waals surface area contributed by atoms with Crippen LogP contribution >= 0.6 is 0 Å². The molecule has 32 heavy (non-hydrogen) atoms. The average molecular weight is 422 g/mol. The molecule has 0 saturated carbocycles. The zero-order chi connectivity index (χ0) is 22.4. The number of rotatable bonds is 8. The number of carbonyl (C=O) groups is 2. The van der Waals surface area contributed by atoms with Crippen LogP contribution in [0.25, 0.3) is 12.2 Å². The standard InChI is InChI=1S/C26H22N4O2/c31-25(29-27-19-7-13-21-9-3-1-4-10-21)23-15-17-24(18-16-23)26(32)30-28-20-8-14-22-11-5-2-6-12-22/h1-20H,(H,29,31)(H,30,32). The Kier molecular flexibility index (Phi) is 8.43. The van der Waals surface area contributed by atoms with Gasteiger partial charge in [-0.15, -0.1) is 0 Å². The van der Waals surface area contributed by atoms with Gasteiger partial charge in [0.15, 0.2) is 0 Å². The number of allylic oxidation sites excluding steroid dienone is 2. The van der Waals surface area contributed by atoms with E-state index >= 15 is 0 Å². The zero-order valence-corrected chi connectivity index (χ0v) is 17.3. The summed E-state index contributed by atoms with van der Waals surface area (Å²) in [6.45, 7) is 0. The summed E-state index contributed by atoms with van der Waals surface area (Å²) >= 11 is 0. The van der Waals surface area contributed by atoms with Crippen molar-refractivity contribution in [2.75, 3.05) is 0 Å². The molecule has 6 nitrogen and oxygen atoms in total. The first-order valence-corrected chi connectivity index (χ1v) is 9.93. The highest BCUT2D eigenvalue weighted by atomic mass is 16.2. The molecule has 0 aliphatic rings. The first-order chi connectivity index (χ1) is 15.7. The second-order valence-electron chi connectivity index (χ2n) is 6.56. The van der Waals surface area contributed by atoms with E-state index in [9.17, 15) is 9.59 Å². The number of hydrogen-bond donors (Lipinski definition) is 2. The Morgan fingerprint density at radius 2 is 0.938 bits per heavy atom. The van der Waals surface area contributed by atoms with Crippen molar-refractivity contribution in [2.45, 2.75) is 0 Å². The summed E-state index contributed by atoms with van der Waals surface area (Å²) in [5.41, 5.74) is 7.74. The van der Waals surface area contributed by atoms with Gasteiger partial charge >= 0.3 is 0 Å². The number of amides is 2. The van der Waals surface area contributed by atoms with Crippen LogP contribution in [-0.4, -0.2) is 24.2 Å². The van der Waals surface area contributed by atoms with Crippen molar-refractivity contribution in [3.05, 3.63) is 119 Å². The van der Waals surface area contributed by atoms with Gasteiger partial charge in [0, 0.05) is 23.6 Å². The third kappa shape index (κ3) is 7.35. The first-order valence-electron chi connectivity index (χ1n) is 9.93. The van der Waals surface area contributed by atoms with Crippen molar-refractivity contribution in [1.29, 1.82) is 0 Å². The molecular weight excluding hydrogens is 400 g/mol. The van der Waals surface area contributed by atoms with Gasteiger partial charge in [-0.05, 0) is 47.5 Å². The van der Waals surface area contributed by atoms with E-state index in [0.717, 1.165) is 11.1 Å². The number of nitrogens with zero attached hydrogens (tertiary/aromatic N) is 2. The van der Waals surface area contributed by atoms with Crippen molar-refractivity contribution >= 4 is 36.4 Å². The lowest BCUT2D eigenvalue weighted by atomic mass is 10.1. The predicted octanol–water partition coefficient (Wildman–Crippen LogP) is 4.54. The molecule has 0 fully saturated rings. The summed E-state index contributed by atoms with van der Waals surface area (Å²) in [6.07, 6.45) is 10.2. The van der Waals surface area contributed by atoms with Crippen molar-refractivity contribution < 1.29 is 9.59 Å². The molecule has 0 saturated heterocycles. The molecule has 0 heterocycles. The lowest BCUT2D eigenvalue weighted by Gasteiger charge is -2.02. The Balaban J connectivity index is 1.45. The Morgan fingerprint density at radius 3 is 1.31 bits per heavy atom. The van der Waals surface area contributed by atoms with Crippen LogP contribution in [0.5, 0.6) is 0 Å². The van der Waals surface area contributed by atoms with Gasteiger partial charge in [-0.3, -0.25) is 9.59 Å². The second-order valence-corrected chi connectivity index (χ2v) is 6.56. The molecule has 0 unspecified atom stereocenters. The smallest absolute Gasteiger partial charge is 0.267 e. The van der Waals surface area contributed by atoms with Crippen LogP contribution in [0.3, 0.4) is 0 Å². The lowest BCUT2D eigenvalue weighted by molar-refractivity contribution is 0.0943. The topological polar surface area (TPSA) is 82.9 Å². The van der Waals surface area contributed by atoms with E-state index in [1.54, 1.807) is 36.4 Å². The minimum absolute atomic E-state index is 0.370. The largest absolute Gasteiger partial charge is 0.271 e. The highest BCUT2D eigenvalue weighted by Crippen LogP contribution is 2.05. The van der Waals surface area contributed by atoms with E-state index in [-0.39, 0.29) is 11.8 Å². The van der Waals surface area contributed by atoms with Crippen LogP contribution in [-0.2, 0) is 0 Å². The van der Waals surface area contributed by atoms with E-state index in [2.05, 4.69) is 21.1 Å². The van der Waals surface area contributed by atoms with E-state index in [1.807, 2.05) is 72.8 Å². The van der Waals surface area contributed by atoms with Gasteiger partial charge in [0.1, 0.15) is 0 Å². The van der Waals surface area contributed by atoms with E-state index in [1.165, 1.54) is 12.4 Å². The molecular formula is C26H22N4O2. The zero-order valence-electron chi connectivity index (χ0n) is 17.3. The van der Waals surface area contributed by atoms with E-state index < -0.39 is 0 Å². The SMILES string of the molecule is O=C(NN=CC=Cc1ccccc1)c1ccc(C(=O)NN=CC=Cc2ccccc2)cc1. The molecule has 2 amide bonds. The summed E-state index contributed by atoms with van der Waals surface area (Å²) in [6, 6.07) is 25.7. The van der Waals surface area contributed by atoms with Crippen molar-refractivity contribution in [3.8, 4) is 0 Å². The van der Waals surface area contributed by atoms with Crippen LogP contribution in [0.4, 0.5) is 0 Å². The van der Waals surface area contributed by atoms with Crippen LogP contribution in [0.15, 0.2) is 107 Å². The Morgan fingerprint density at radius 1 is 0.562 bits per heavy atom. The maximum absolute atomic E-state index is 12.1. The fourth-order valence-corrected chi connectivity index (χ4v) is 2.62. The molecule has 3 aromatic rings. The van der Waals surface area contributed by atoms with Gasteiger partial charge in [0.05, 0.1) is 0 Å². The van der Waals surface area contributed by atoms with Gasteiger partial charge in [0.2, 0.25) is 0 Å². The fourth-order valence-electron chi connectivity index (χ4n) is 2.62. The molecule has 3 rings (SSSR count). The highest BCUT2D eigenvalue weighted by molar-refractivity contribution is 5.98. The minimum atomic E-state index is -0.370. The molecule has 2 N–H and O–H groups in total. The summed E-state index contributed by atoms with van der Waals surface area (Å²) < 4.78 is 0. The molecule has 0 aliphatic heterocycles. The van der Waals surface area contributed by atoms with Crippen LogP contribution in [0.1, 0.15) is 31.8 Å². The van der Waals surface area contributed by atoms with Crippen LogP contribution in [0.2, 0.25) is 0 Å². The minimum Gasteiger partial charge on any atom is -0.267 e. The van der Waals surface area contributed by atoms with Crippen molar-refractivity contribution in [2.24, 2.45) is 10.2 Å². The molecule has 0 aromatic heterocycles. The highest BCUT2D eigenvalue weighted by Gasteiger charge is 2.07. The van der Waals surface area contributed by atoms with Gasteiger partial charge in [-0.25, -0.2) is 10.9 Å². The molecule has 0 radical (unpaired) electrons. The Labute approximate surface area is 186 Å². The molecule has 0 bridgehead atoms. The molecule has 0 atom stereocenters. The number of hydrazone groups is 2. The summed E-state index contributed by atoms with van der Waals surface area (Å²) in [4.78, 5) is 24.3. The summed E-state index contributed by atoms with van der Waals surface area (Å²) in [5, 5.41) is 7.77. The number of carbonyl (C=O) groups excluding carboxylic acids is 2. The quantitative estimate of drug-likeness (QED) is 0.413. The predicted molar refractivity (Wildman–Crippen MR) is 129 cm³/mol. The molecule has 0 aliphatic carbocycles. The molecule has 158 valence electrons. The maximum atomic E-state index is 12.1.